The Bertz CT molecular complexity index is 322. The first kappa shape index (κ1) is 10.3. The Morgan fingerprint density at radius 3 is 2.85 bits per heavy atom. The lowest BCUT2D eigenvalue weighted by atomic mass is 10.4. The molecule has 0 aliphatic carbocycles. The van der Waals surface area contributed by atoms with Gasteiger partial charge in [0.1, 0.15) is 6.73 Å². The highest BCUT2D eigenvalue weighted by atomic mass is 79.9. The molecule has 2 N–H and O–H groups in total. The number of rotatable bonds is 3. The molecule has 0 radical (unpaired) electrons. The summed E-state index contributed by atoms with van der Waals surface area (Å²) in [4.78, 5) is 11.2. The van der Waals surface area contributed by atoms with Crippen molar-refractivity contribution in [3.63, 3.8) is 0 Å². The van der Waals surface area contributed by atoms with Crippen molar-refractivity contribution in [1.29, 1.82) is 0 Å². The van der Waals surface area contributed by atoms with Gasteiger partial charge in [-0.25, -0.2) is 0 Å². The molecule has 1 heterocycles. The number of anilines is 1. The van der Waals surface area contributed by atoms with Gasteiger partial charge in [-0.2, -0.15) is 0 Å². The van der Waals surface area contributed by atoms with Crippen LogP contribution in [0.25, 0.3) is 0 Å². The van der Waals surface area contributed by atoms with Gasteiger partial charge in [0.15, 0.2) is 0 Å². The molecular weight excluding hydrogens is 236 g/mol. The van der Waals surface area contributed by atoms with Crippen molar-refractivity contribution in [3.05, 3.63) is 27.1 Å². The molecule has 0 fully saturated rings. The second-order valence-corrected chi connectivity index (χ2v) is 3.38. The zero-order valence-corrected chi connectivity index (χ0v) is 8.87. The van der Waals surface area contributed by atoms with Crippen molar-refractivity contribution in [2.45, 2.75) is 13.7 Å². The summed E-state index contributed by atoms with van der Waals surface area (Å²) in [6.45, 7) is 2.93. The maximum atomic E-state index is 11.2. The largest absolute Gasteiger partial charge is 0.394 e. The van der Waals surface area contributed by atoms with Crippen LogP contribution in [-0.4, -0.2) is 11.2 Å². The van der Waals surface area contributed by atoms with E-state index in [4.69, 9.17) is 10.5 Å². The van der Waals surface area contributed by atoms with Crippen LogP contribution in [0.3, 0.4) is 0 Å². The van der Waals surface area contributed by atoms with E-state index in [9.17, 15) is 4.79 Å². The Labute approximate surface area is 84.4 Å². The molecule has 5 heteroatoms. The SMILES string of the molecule is CCOCn1cc(N)c(=O)c(Br)c1. The molecule has 0 aliphatic heterocycles. The fraction of sp³-hybridized carbons (Fsp3) is 0.375. The van der Waals surface area contributed by atoms with Gasteiger partial charge in [-0.3, -0.25) is 4.79 Å². The Morgan fingerprint density at radius 1 is 1.62 bits per heavy atom. The van der Waals surface area contributed by atoms with Gasteiger partial charge >= 0.3 is 0 Å². The summed E-state index contributed by atoms with van der Waals surface area (Å²) >= 11 is 3.12. The average molecular weight is 247 g/mol. The third kappa shape index (κ3) is 2.57. The van der Waals surface area contributed by atoms with Crippen LogP contribution in [0.2, 0.25) is 0 Å². The first-order valence-electron chi connectivity index (χ1n) is 3.88. The molecule has 1 aromatic rings. The summed E-state index contributed by atoms with van der Waals surface area (Å²) < 4.78 is 7.32. The van der Waals surface area contributed by atoms with E-state index in [1.165, 1.54) is 0 Å². The molecule has 0 amide bonds. The predicted octanol–water partition coefficient (Wildman–Crippen LogP) is 1.19. The number of pyridine rings is 1. The van der Waals surface area contributed by atoms with Crippen LogP contribution in [0, 0.1) is 0 Å². The molecule has 1 aromatic heterocycles. The van der Waals surface area contributed by atoms with Crippen LogP contribution in [0.5, 0.6) is 0 Å². The molecule has 0 saturated heterocycles. The highest BCUT2D eigenvalue weighted by Crippen LogP contribution is 2.05. The number of nitrogen functional groups attached to an aromatic ring is 1. The van der Waals surface area contributed by atoms with Crippen molar-refractivity contribution in [2.75, 3.05) is 12.3 Å². The minimum atomic E-state index is -0.187. The zero-order chi connectivity index (χ0) is 9.84. The fourth-order valence-corrected chi connectivity index (χ4v) is 1.38. The second kappa shape index (κ2) is 4.43. The van der Waals surface area contributed by atoms with E-state index >= 15 is 0 Å². The summed E-state index contributed by atoms with van der Waals surface area (Å²) in [5.74, 6) is 0. The molecule has 0 aromatic carbocycles. The standard InChI is InChI=1S/C8H11BrN2O2/c1-2-13-5-11-3-6(9)8(12)7(10)4-11/h3-4H,2,5,10H2,1H3. The van der Waals surface area contributed by atoms with Gasteiger partial charge in [-0.1, -0.05) is 0 Å². The van der Waals surface area contributed by atoms with Crippen LogP contribution in [0.15, 0.2) is 21.7 Å². The van der Waals surface area contributed by atoms with Gasteiger partial charge in [-0.15, -0.1) is 0 Å². The zero-order valence-electron chi connectivity index (χ0n) is 7.29. The topological polar surface area (TPSA) is 57.2 Å². The molecule has 0 spiro atoms. The van der Waals surface area contributed by atoms with Gasteiger partial charge in [0.25, 0.3) is 0 Å². The second-order valence-electron chi connectivity index (χ2n) is 2.53. The van der Waals surface area contributed by atoms with E-state index in [-0.39, 0.29) is 11.1 Å². The average Bonchev–Trinajstić information content (AvgIpc) is 2.10. The van der Waals surface area contributed by atoms with Gasteiger partial charge in [0.2, 0.25) is 5.43 Å². The third-order valence-corrected chi connectivity index (χ3v) is 2.07. The first-order valence-corrected chi connectivity index (χ1v) is 4.67. The number of ether oxygens (including phenoxy) is 1. The van der Waals surface area contributed by atoms with Crippen LogP contribution < -0.4 is 11.2 Å². The van der Waals surface area contributed by atoms with E-state index < -0.39 is 0 Å². The Hall–Kier alpha value is -0.810. The number of hydrogen-bond donors (Lipinski definition) is 1. The molecule has 0 atom stereocenters. The lowest BCUT2D eigenvalue weighted by Crippen LogP contribution is -2.14. The highest BCUT2D eigenvalue weighted by molar-refractivity contribution is 9.10. The molecule has 0 unspecified atom stereocenters. The summed E-state index contributed by atoms with van der Waals surface area (Å²) in [5, 5.41) is 0. The number of nitrogens with two attached hydrogens (primary N) is 1. The van der Waals surface area contributed by atoms with E-state index in [2.05, 4.69) is 15.9 Å². The van der Waals surface area contributed by atoms with Crippen molar-refractivity contribution < 1.29 is 4.74 Å². The van der Waals surface area contributed by atoms with Crippen LogP contribution in [0.4, 0.5) is 5.69 Å². The fourth-order valence-electron chi connectivity index (χ4n) is 0.888. The number of hydrogen-bond acceptors (Lipinski definition) is 3. The van der Waals surface area contributed by atoms with Crippen molar-refractivity contribution in [1.82, 2.24) is 4.57 Å². The monoisotopic (exact) mass is 246 g/mol. The first-order chi connectivity index (χ1) is 6.15. The molecule has 0 bridgehead atoms. The number of halogens is 1. The van der Waals surface area contributed by atoms with Crippen LogP contribution in [0.1, 0.15) is 6.92 Å². The van der Waals surface area contributed by atoms with Gasteiger partial charge in [0, 0.05) is 19.0 Å². The maximum absolute atomic E-state index is 11.2. The minimum Gasteiger partial charge on any atom is -0.394 e. The van der Waals surface area contributed by atoms with Crippen molar-refractivity contribution >= 4 is 21.6 Å². The molecule has 0 aliphatic rings. The van der Waals surface area contributed by atoms with Gasteiger partial charge in [-0.05, 0) is 22.9 Å². The summed E-state index contributed by atoms with van der Waals surface area (Å²) in [7, 11) is 0. The van der Waals surface area contributed by atoms with Crippen LogP contribution in [-0.2, 0) is 11.5 Å². The van der Waals surface area contributed by atoms with E-state index in [0.717, 1.165) is 0 Å². The summed E-state index contributed by atoms with van der Waals surface area (Å²) in [6.07, 6.45) is 3.21. The summed E-state index contributed by atoms with van der Waals surface area (Å²) in [6, 6.07) is 0. The normalized spacial score (nSPS) is 10.3. The van der Waals surface area contributed by atoms with Gasteiger partial charge < -0.3 is 15.0 Å². The number of aromatic nitrogens is 1. The Morgan fingerprint density at radius 2 is 2.31 bits per heavy atom. The lowest BCUT2D eigenvalue weighted by molar-refractivity contribution is 0.0874. The number of nitrogens with zero attached hydrogens (tertiary/aromatic N) is 1. The quantitative estimate of drug-likeness (QED) is 0.872. The molecule has 72 valence electrons. The molecule has 13 heavy (non-hydrogen) atoms. The molecule has 4 nitrogen and oxygen atoms in total. The summed E-state index contributed by atoms with van der Waals surface area (Å²) in [5.41, 5.74) is 5.50. The molecule has 1 rings (SSSR count). The highest BCUT2D eigenvalue weighted by Gasteiger charge is 2.01. The maximum Gasteiger partial charge on any atom is 0.218 e. The van der Waals surface area contributed by atoms with E-state index in [0.29, 0.717) is 17.8 Å². The third-order valence-electron chi connectivity index (χ3n) is 1.51. The van der Waals surface area contributed by atoms with Crippen LogP contribution >= 0.6 is 15.9 Å². The molecular formula is C8H11BrN2O2. The van der Waals surface area contributed by atoms with Crippen molar-refractivity contribution in [2.24, 2.45) is 0 Å². The van der Waals surface area contributed by atoms with E-state index in [1.807, 2.05) is 6.92 Å². The Balaban J connectivity index is 2.93. The Kier molecular flexibility index (Phi) is 3.50. The lowest BCUT2D eigenvalue weighted by Gasteiger charge is -2.07. The molecule has 0 saturated carbocycles. The van der Waals surface area contributed by atoms with Crippen molar-refractivity contribution in [3.8, 4) is 0 Å². The predicted molar refractivity (Wildman–Crippen MR) is 54.4 cm³/mol. The van der Waals surface area contributed by atoms with Gasteiger partial charge in [0.05, 0.1) is 10.2 Å². The minimum absolute atomic E-state index is 0.187. The van der Waals surface area contributed by atoms with E-state index in [1.54, 1.807) is 17.0 Å². The smallest absolute Gasteiger partial charge is 0.218 e.